The molecule has 0 heterocycles. The topological polar surface area (TPSA) is 70.7 Å². The molecule has 6 nitrogen and oxygen atoms in total. The van der Waals surface area contributed by atoms with E-state index in [1.807, 2.05) is 13.8 Å². The smallest absolute Gasteiger partial charge is 0.238 e. The molecule has 2 N–H and O–H groups in total. The van der Waals surface area contributed by atoms with Gasteiger partial charge in [-0.1, -0.05) is 20.8 Å². The van der Waals surface area contributed by atoms with E-state index in [4.69, 9.17) is 4.74 Å². The molecule has 0 aromatic heterocycles. The molecule has 1 rings (SSSR count). The van der Waals surface area contributed by atoms with Gasteiger partial charge in [-0.2, -0.15) is 0 Å². The molecule has 0 fully saturated rings. The van der Waals surface area contributed by atoms with Crippen LogP contribution in [0.2, 0.25) is 0 Å². The van der Waals surface area contributed by atoms with E-state index in [1.54, 1.807) is 43.3 Å². The van der Waals surface area contributed by atoms with Crippen molar-refractivity contribution < 1.29 is 14.3 Å². The predicted molar refractivity (Wildman–Crippen MR) is 105 cm³/mol. The summed E-state index contributed by atoms with van der Waals surface area (Å²) in [6.07, 6.45) is 0.868. The minimum atomic E-state index is -0.290. The second-order valence-electron chi connectivity index (χ2n) is 8.62. The Morgan fingerprint density at radius 2 is 1.54 bits per heavy atom. The van der Waals surface area contributed by atoms with Gasteiger partial charge in [-0.3, -0.25) is 14.5 Å². The Bertz CT molecular complexity index is 604. The van der Waals surface area contributed by atoms with Gasteiger partial charge in [0.25, 0.3) is 0 Å². The molecule has 26 heavy (non-hydrogen) atoms. The third-order valence-electron chi connectivity index (χ3n) is 3.65. The van der Waals surface area contributed by atoms with Gasteiger partial charge in [0.2, 0.25) is 11.8 Å². The Morgan fingerprint density at radius 3 is 2.04 bits per heavy atom. The molecule has 6 heteroatoms. The molecule has 1 aromatic rings. The Kier molecular flexibility index (Phi) is 7.63. The highest BCUT2D eigenvalue weighted by atomic mass is 16.5. The second-order valence-corrected chi connectivity index (χ2v) is 8.62. The van der Waals surface area contributed by atoms with Crippen molar-refractivity contribution in [2.45, 2.75) is 46.6 Å². The van der Waals surface area contributed by atoms with E-state index in [-0.39, 0.29) is 35.9 Å². The molecular weight excluding hydrogens is 330 g/mol. The molecule has 0 saturated carbocycles. The van der Waals surface area contributed by atoms with Crippen LogP contribution in [0.15, 0.2) is 24.3 Å². The number of methoxy groups -OCH3 is 1. The standard InChI is InChI=1S/C20H33N3O3/c1-19(2,3)14-20(4,5)22-18(25)13-23(6)12-17(24)21-15-8-10-16(26-7)11-9-15/h8-11H,12-14H2,1-7H3,(H,21,24)(H,22,25). The molecule has 0 unspecified atom stereocenters. The van der Waals surface area contributed by atoms with Gasteiger partial charge >= 0.3 is 0 Å². The van der Waals surface area contributed by atoms with E-state index < -0.39 is 0 Å². The summed E-state index contributed by atoms with van der Waals surface area (Å²) in [4.78, 5) is 26.1. The number of hydrogen-bond donors (Lipinski definition) is 2. The van der Waals surface area contributed by atoms with Crippen LogP contribution in [-0.4, -0.2) is 49.5 Å². The molecule has 0 atom stereocenters. The van der Waals surface area contributed by atoms with Crippen LogP contribution in [0.25, 0.3) is 0 Å². The van der Waals surface area contributed by atoms with E-state index in [0.717, 1.165) is 12.2 Å². The van der Waals surface area contributed by atoms with Gasteiger partial charge in [0.1, 0.15) is 5.75 Å². The molecule has 146 valence electrons. The Hall–Kier alpha value is -2.08. The first-order valence-corrected chi connectivity index (χ1v) is 8.84. The molecule has 0 aliphatic heterocycles. The number of ether oxygens (including phenoxy) is 1. The van der Waals surface area contributed by atoms with Crippen LogP contribution >= 0.6 is 0 Å². The quantitative estimate of drug-likeness (QED) is 0.745. The van der Waals surface area contributed by atoms with E-state index in [0.29, 0.717) is 5.69 Å². The number of hydrogen-bond acceptors (Lipinski definition) is 4. The number of benzene rings is 1. The summed E-state index contributed by atoms with van der Waals surface area (Å²) in [5, 5.41) is 5.86. The lowest BCUT2D eigenvalue weighted by atomic mass is 9.82. The average Bonchev–Trinajstić information content (AvgIpc) is 2.43. The highest BCUT2D eigenvalue weighted by molar-refractivity contribution is 5.92. The SMILES string of the molecule is COc1ccc(NC(=O)CN(C)CC(=O)NC(C)(C)CC(C)(C)C)cc1. The van der Waals surface area contributed by atoms with Crippen LogP contribution in [-0.2, 0) is 9.59 Å². The molecule has 1 aromatic carbocycles. The van der Waals surface area contributed by atoms with Gasteiger partial charge in [-0.05, 0) is 57.0 Å². The van der Waals surface area contributed by atoms with Gasteiger partial charge in [0, 0.05) is 11.2 Å². The van der Waals surface area contributed by atoms with Gasteiger partial charge in [0.15, 0.2) is 0 Å². The van der Waals surface area contributed by atoms with Crippen molar-refractivity contribution in [1.29, 1.82) is 0 Å². The maximum absolute atomic E-state index is 12.3. The van der Waals surface area contributed by atoms with Crippen LogP contribution < -0.4 is 15.4 Å². The first-order chi connectivity index (χ1) is 11.9. The molecule has 0 bridgehead atoms. The monoisotopic (exact) mass is 363 g/mol. The number of carbonyl (C=O) groups is 2. The zero-order valence-electron chi connectivity index (χ0n) is 17.1. The van der Waals surface area contributed by atoms with Gasteiger partial charge in [-0.15, -0.1) is 0 Å². The van der Waals surface area contributed by atoms with Crippen molar-refractivity contribution in [2.75, 3.05) is 32.6 Å². The Balaban J connectivity index is 2.45. The van der Waals surface area contributed by atoms with Crippen LogP contribution in [0.4, 0.5) is 5.69 Å². The summed E-state index contributed by atoms with van der Waals surface area (Å²) in [7, 11) is 3.35. The summed E-state index contributed by atoms with van der Waals surface area (Å²) >= 11 is 0. The minimum absolute atomic E-state index is 0.0843. The average molecular weight is 364 g/mol. The summed E-state index contributed by atoms with van der Waals surface area (Å²) in [5.41, 5.74) is 0.530. The lowest BCUT2D eigenvalue weighted by Gasteiger charge is -2.33. The minimum Gasteiger partial charge on any atom is -0.497 e. The van der Waals surface area contributed by atoms with Crippen molar-refractivity contribution in [3.8, 4) is 5.75 Å². The second kappa shape index (κ2) is 9.03. The zero-order chi connectivity index (χ0) is 20.0. The summed E-state index contributed by atoms with van der Waals surface area (Å²) in [6, 6.07) is 7.12. The molecule has 0 saturated heterocycles. The number of rotatable bonds is 8. The first-order valence-electron chi connectivity index (χ1n) is 8.84. The maximum Gasteiger partial charge on any atom is 0.238 e. The maximum atomic E-state index is 12.3. The lowest BCUT2D eigenvalue weighted by Crippen LogP contribution is -2.49. The zero-order valence-corrected chi connectivity index (χ0v) is 17.1. The fraction of sp³-hybridized carbons (Fsp3) is 0.600. The van der Waals surface area contributed by atoms with Crippen molar-refractivity contribution in [3.05, 3.63) is 24.3 Å². The van der Waals surface area contributed by atoms with Crippen LogP contribution in [0.5, 0.6) is 5.75 Å². The van der Waals surface area contributed by atoms with Crippen LogP contribution in [0.1, 0.15) is 41.0 Å². The van der Waals surface area contributed by atoms with E-state index >= 15 is 0 Å². The fourth-order valence-electron chi connectivity index (χ4n) is 3.21. The van der Waals surface area contributed by atoms with Crippen LogP contribution in [0.3, 0.4) is 0 Å². The largest absolute Gasteiger partial charge is 0.497 e. The summed E-state index contributed by atoms with van der Waals surface area (Å²) in [6.45, 7) is 10.8. The molecule has 0 aliphatic rings. The number of nitrogens with one attached hydrogen (secondary N) is 2. The highest BCUT2D eigenvalue weighted by Crippen LogP contribution is 2.26. The Labute approximate surface area is 157 Å². The van der Waals surface area contributed by atoms with Gasteiger partial charge in [0.05, 0.1) is 20.2 Å². The van der Waals surface area contributed by atoms with Gasteiger partial charge in [-0.25, -0.2) is 0 Å². The molecule has 0 aliphatic carbocycles. The van der Waals surface area contributed by atoms with Gasteiger partial charge < -0.3 is 15.4 Å². The summed E-state index contributed by atoms with van der Waals surface area (Å²) in [5.74, 6) is 0.480. The first kappa shape index (κ1) is 22.0. The van der Waals surface area contributed by atoms with Crippen molar-refractivity contribution in [3.63, 3.8) is 0 Å². The van der Waals surface area contributed by atoms with Crippen molar-refractivity contribution in [2.24, 2.45) is 5.41 Å². The fourth-order valence-corrected chi connectivity index (χ4v) is 3.21. The molecule has 0 radical (unpaired) electrons. The molecular formula is C20H33N3O3. The highest BCUT2D eigenvalue weighted by Gasteiger charge is 2.27. The van der Waals surface area contributed by atoms with Crippen LogP contribution in [0, 0.1) is 5.41 Å². The molecule has 0 spiro atoms. The van der Waals surface area contributed by atoms with Crippen molar-refractivity contribution >= 4 is 17.5 Å². The number of anilines is 1. The summed E-state index contributed by atoms with van der Waals surface area (Å²) < 4.78 is 5.09. The number of amides is 2. The Morgan fingerprint density at radius 1 is 1.00 bits per heavy atom. The number of nitrogens with zero attached hydrogens (tertiary/aromatic N) is 1. The van der Waals surface area contributed by atoms with E-state index in [9.17, 15) is 9.59 Å². The third kappa shape index (κ3) is 8.85. The normalized spacial score (nSPS) is 12.0. The predicted octanol–water partition coefficient (Wildman–Crippen LogP) is 2.90. The lowest BCUT2D eigenvalue weighted by molar-refractivity contribution is -0.124. The van der Waals surface area contributed by atoms with Crippen molar-refractivity contribution in [1.82, 2.24) is 10.2 Å². The number of carbonyl (C=O) groups excluding carboxylic acids is 2. The van der Waals surface area contributed by atoms with E-state index in [2.05, 4.69) is 31.4 Å². The number of likely N-dealkylation sites (N-methyl/N-ethyl adjacent to an activating group) is 1. The third-order valence-corrected chi connectivity index (χ3v) is 3.65. The molecule has 2 amide bonds. The van der Waals surface area contributed by atoms with E-state index in [1.165, 1.54) is 0 Å².